The van der Waals surface area contributed by atoms with Crippen LogP contribution >= 0.6 is 0 Å². The molecule has 1 aliphatic rings. The number of hydrogen-bond donors (Lipinski definition) is 0. The van der Waals surface area contributed by atoms with E-state index in [0.717, 1.165) is 32.1 Å². The molecule has 3 aromatic carbocycles. The fraction of sp³-hybridized carbons (Fsp3) is 0.375. The first-order chi connectivity index (χ1) is 15.7. The zero-order chi connectivity index (χ0) is 22.3. The molecule has 166 valence electrons. The Morgan fingerprint density at radius 2 is 1.53 bits per heavy atom. The molecular weight excluding hydrogens is 384 g/mol. The normalized spacial score (nSPS) is 15.0. The molecule has 0 bridgehead atoms. The van der Waals surface area contributed by atoms with E-state index in [9.17, 15) is 0 Å². The predicted octanol–water partition coefficient (Wildman–Crippen LogP) is 8.87. The van der Waals surface area contributed by atoms with Gasteiger partial charge in [0.15, 0.2) is 0 Å². The lowest BCUT2D eigenvalue weighted by molar-refractivity contribution is 0.675. The fourth-order valence-electron chi connectivity index (χ4n) is 5.35. The molecule has 0 aromatic heterocycles. The highest BCUT2D eigenvalue weighted by molar-refractivity contribution is 5.72. The van der Waals surface area contributed by atoms with E-state index < -0.39 is 0 Å². The average Bonchev–Trinajstić information content (AvgIpc) is 2.98. The molecule has 0 fully saturated rings. The molecule has 1 atom stereocenters. The predicted molar refractivity (Wildman–Crippen MR) is 139 cm³/mol. The summed E-state index contributed by atoms with van der Waals surface area (Å²) in [5, 5.41) is 0. The van der Waals surface area contributed by atoms with Gasteiger partial charge < -0.3 is 0 Å². The van der Waals surface area contributed by atoms with E-state index in [-0.39, 0.29) is 0 Å². The molecule has 0 saturated carbocycles. The largest absolute Gasteiger partial charge is 0.0999 e. The number of unbranched alkanes of at least 4 members (excludes halogenated alkanes) is 1. The van der Waals surface area contributed by atoms with Crippen LogP contribution in [0.5, 0.6) is 0 Å². The number of hydrogen-bond acceptors (Lipinski definition) is 0. The Balaban J connectivity index is 1.69. The van der Waals surface area contributed by atoms with Gasteiger partial charge in [-0.3, -0.25) is 0 Å². The first-order valence-electron chi connectivity index (χ1n) is 12.6. The maximum absolute atomic E-state index is 4.31. The molecule has 3 aromatic rings. The summed E-state index contributed by atoms with van der Waals surface area (Å²) in [4.78, 5) is 0. The SMILES string of the molecule is C=C(CCC)CCc1ccccc1C1Cc2ccccc2-c2ccc(CCCC)cc2C1. The van der Waals surface area contributed by atoms with Crippen LogP contribution in [0.1, 0.15) is 79.7 Å². The van der Waals surface area contributed by atoms with Crippen molar-refractivity contribution in [2.45, 2.75) is 77.6 Å². The van der Waals surface area contributed by atoms with Crippen LogP contribution in [0.15, 0.2) is 78.9 Å². The average molecular weight is 423 g/mol. The first-order valence-corrected chi connectivity index (χ1v) is 12.6. The monoisotopic (exact) mass is 422 g/mol. The van der Waals surface area contributed by atoms with Crippen molar-refractivity contribution >= 4 is 0 Å². The maximum Gasteiger partial charge on any atom is -0.00779 e. The summed E-state index contributed by atoms with van der Waals surface area (Å²) in [6.07, 6.45) is 10.5. The smallest absolute Gasteiger partial charge is 0.00779 e. The standard InChI is InChI=1S/C32H38/c1-4-6-12-25-18-20-32-28(21-25)23-29(22-27-14-8-10-16-31(27)32)30-15-9-7-13-26(30)19-17-24(3)11-5-2/h7-10,13-16,18,20-21,29H,3-6,11-12,17,19,22-23H2,1-2H3. The van der Waals surface area contributed by atoms with Crippen LogP contribution in [0.25, 0.3) is 11.1 Å². The third kappa shape index (κ3) is 5.23. The van der Waals surface area contributed by atoms with Crippen molar-refractivity contribution in [3.8, 4) is 11.1 Å². The van der Waals surface area contributed by atoms with Crippen LogP contribution in [-0.4, -0.2) is 0 Å². The lowest BCUT2D eigenvalue weighted by Crippen LogP contribution is -2.09. The Labute approximate surface area is 195 Å². The van der Waals surface area contributed by atoms with Crippen LogP contribution in [-0.2, 0) is 25.7 Å². The summed E-state index contributed by atoms with van der Waals surface area (Å²) >= 11 is 0. The Morgan fingerprint density at radius 1 is 0.781 bits per heavy atom. The molecule has 0 aliphatic heterocycles. The van der Waals surface area contributed by atoms with Crippen molar-refractivity contribution in [2.75, 3.05) is 0 Å². The van der Waals surface area contributed by atoms with Crippen molar-refractivity contribution in [3.05, 3.63) is 107 Å². The van der Waals surface area contributed by atoms with Crippen LogP contribution in [0.4, 0.5) is 0 Å². The second-order valence-corrected chi connectivity index (χ2v) is 9.56. The molecule has 0 heteroatoms. The van der Waals surface area contributed by atoms with E-state index in [0.29, 0.717) is 5.92 Å². The molecule has 0 saturated heterocycles. The Hall–Kier alpha value is -2.60. The number of allylic oxidation sites excluding steroid dienone is 1. The van der Waals surface area contributed by atoms with Crippen molar-refractivity contribution in [1.82, 2.24) is 0 Å². The molecule has 0 amide bonds. The number of fused-ring (bicyclic) bond motifs is 3. The second kappa shape index (κ2) is 10.8. The summed E-state index contributed by atoms with van der Waals surface area (Å²) in [6.45, 7) is 8.83. The van der Waals surface area contributed by atoms with Crippen LogP contribution in [0.3, 0.4) is 0 Å². The first kappa shape index (κ1) is 22.6. The van der Waals surface area contributed by atoms with Crippen molar-refractivity contribution in [1.29, 1.82) is 0 Å². The molecule has 32 heavy (non-hydrogen) atoms. The summed E-state index contributed by atoms with van der Waals surface area (Å²) in [5.41, 5.74) is 11.8. The van der Waals surface area contributed by atoms with Crippen molar-refractivity contribution < 1.29 is 0 Å². The van der Waals surface area contributed by atoms with Gasteiger partial charge in [0.2, 0.25) is 0 Å². The number of aryl methyl sites for hydroxylation is 2. The lowest BCUT2D eigenvalue weighted by Gasteiger charge is -2.20. The van der Waals surface area contributed by atoms with E-state index in [1.807, 2.05) is 0 Å². The van der Waals surface area contributed by atoms with Crippen LogP contribution < -0.4 is 0 Å². The number of benzene rings is 3. The minimum atomic E-state index is 0.523. The van der Waals surface area contributed by atoms with E-state index in [1.165, 1.54) is 64.6 Å². The van der Waals surface area contributed by atoms with Crippen molar-refractivity contribution in [2.24, 2.45) is 0 Å². The molecule has 0 N–H and O–H groups in total. The Kier molecular flexibility index (Phi) is 7.63. The Morgan fingerprint density at radius 3 is 2.38 bits per heavy atom. The molecule has 1 aliphatic carbocycles. The molecule has 0 nitrogen and oxygen atoms in total. The summed E-state index contributed by atoms with van der Waals surface area (Å²) in [6, 6.07) is 25.5. The zero-order valence-corrected chi connectivity index (χ0v) is 20.0. The van der Waals surface area contributed by atoms with Gasteiger partial charge in [0.05, 0.1) is 0 Å². The topological polar surface area (TPSA) is 0 Å². The van der Waals surface area contributed by atoms with E-state index in [2.05, 4.69) is 87.2 Å². The van der Waals surface area contributed by atoms with Gasteiger partial charge in [-0.1, -0.05) is 106 Å². The molecule has 1 unspecified atom stereocenters. The maximum atomic E-state index is 4.31. The molecule has 0 radical (unpaired) electrons. The van der Waals surface area contributed by atoms with Gasteiger partial charge in [-0.05, 0) is 89.8 Å². The number of rotatable bonds is 9. The van der Waals surface area contributed by atoms with Gasteiger partial charge >= 0.3 is 0 Å². The van der Waals surface area contributed by atoms with Gasteiger partial charge in [-0.2, -0.15) is 0 Å². The quantitative estimate of drug-likeness (QED) is 0.302. The van der Waals surface area contributed by atoms with Crippen LogP contribution in [0.2, 0.25) is 0 Å². The van der Waals surface area contributed by atoms with Gasteiger partial charge in [0, 0.05) is 0 Å². The molecular formula is C32H38. The molecule has 0 heterocycles. The third-order valence-corrected chi connectivity index (χ3v) is 7.08. The highest BCUT2D eigenvalue weighted by Crippen LogP contribution is 2.39. The highest BCUT2D eigenvalue weighted by Gasteiger charge is 2.24. The van der Waals surface area contributed by atoms with Gasteiger partial charge in [0.1, 0.15) is 0 Å². The van der Waals surface area contributed by atoms with Crippen molar-refractivity contribution in [3.63, 3.8) is 0 Å². The van der Waals surface area contributed by atoms with Gasteiger partial charge in [-0.15, -0.1) is 0 Å². The van der Waals surface area contributed by atoms with Gasteiger partial charge in [0.25, 0.3) is 0 Å². The van der Waals surface area contributed by atoms with Gasteiger partial charge in [-0.25, -0.2) is 0 Å². The van der Waals surface area contributed by atoms with Crippen LogP contribution in [0, 0.1) is 0 Å². The highest BCUT2D eigenvalue weighted by atomic mass is 14.3. The third-order valence-electron chi connectivity index (χ3n) is 7.08. The minimum Gasteiger partial charge on any atom is -0.0999 e. The summed E-state index contributed by atoms with van der Waals surface area (Å²) in [5.74, 6) is 0.523. The summed E-state index contributed by atoms with van der Waals surface area (Å²) < 4.78 is 0. The summed E-state index contributed by atoms with van der Waals surface area (Å²) in [7, 11) is 0. The molecule has 0 spiro atoms. The van der Waals surface area contributed by atoms with E-state index in [1.54, 1.807) is 5.56 Å². The minimum absolute atomic E-state index is 0.523. The fourth-order valence-corrected chi connectivity index (χ4v) is 5.35. The lowest BCUT2D eigenvalue weighted by atomic mass is 9.84. The van der Waals surface area contributed by atoms with E-state index in [4.69, 9.17) is 0 Å². The Bertz CT molecular complexity index is 1060. The zero-order valence-electron chi connectivity index (χ0n) is 20.0. The van der Waals surface area contributed by atoms with E-state index >= 15 is 0 Å². The second-order valence-electron chi connectivity index (χ2n) is 9.56. The molecule has 4 rings (SSSR count).